The molecule has 0 bridgehead atoms. The Balaban J connectivity index is 1.42. The highest BCUT2D eigenvalue weighted by Crippen LogP contribution is 2.50. The van der Waals surface area contributed by atoms with Gasteiger partial charge in [-0.3, -0.25) is 15.1 Å². The molecule has 1 aliphatic carbocycles. The highest BCUT2D eigenvalue weighted by atomic mass is 16.5. The number of anilines is 2. The van der Waals surface area contributed by atoms with Crippen LogP contribution in [0, 0.1) is 5.92 Å². The molecule has 1 fully saturated rings. The monoisotopic (exact) mass is 467 g/mol. The van der Waals surface area contributed by atoms with Crippen molar-refractivity contribution >= 4 is 34.3 Å². The van der Waals surface area contributed by atoms with Crippen molar-refractivity contribution in [1.82, 2.24) is 25.1 Å². The molecule has 3 aromatic heterocycles. The second-order valence-electron chi connectivity index (χ2n) is 9.07. The molecule has 0 saturated heterocycles. The first-order valence-electron chi connectivity index (χ1n) is 11.4. The maximum atomic E-state index is 5.50. The van der Waals surface area contributed by atoms with Crippen LogP contribution < -0.4 is 14.4 Å². The zero-order valence-electron chi connectivity index (χ0n) is 19.8. The zero-order valence-corrected chi connectivity index (χ0v) is 19.8. The van der Waals surface area contributed by atoms with Crippen molar-refractivity contribution in [1.29, 1.82) is 0 Å². The van der Waals surface area contributed by atoms with Crippen molar-refractivity contribution in [2.24, 2.45) is 10.9 Å². The Morgan fingerprint density at radius 1 is 1.06 bits per heavy atom. The SMILES string of the molecule is COc1cc(OC)cc(N(Cc2ncn[nH]2)c2ccc3ncc(C4=CC5CC5(C)N=C4)cc3n2)c1. The molecule has 9 nitrogen and oxygen atoms in total. The van der Waals surface area contributed by atoms with Crippen LogP contribution in [0.4, 0.5) is 11.5 Å². The quantitative estimate of drug-likeness (QED) is 0.431. The number of dihydropyridines is 1. The molecular formula is C26H25N7O2. The van der Waals surface area contributed by atoms with Crippen molar-refractivity contribution in [2.75, 3.05) is 19.1 Å². The zero-order chi connectivity index (χ0) is 24.0. The van der Waals surface area contributed by atoms with Gasteiger partial charge in [-0.05, 0) is 37.1 Å². The van der Waals surface area contributed by atoms with Gasteiger partial charge in [-0.25, -0.2) is 9.97 Å². The van der Waals surface area contributed by atoms with Crippen molar-refractivity contribution in [3.63, 3.8) is 0 Å². The highest BCUT2D eigenvalue weighted by Gasteiger charge is 2.50. The third kappa shape index (κ3) is 3.99. The number of pyridine rings is 2. The van der Waals surface area contributed by atoms with Gasteiger partial charge < -0.3 is 14.4 Å². The predicted molar refractivity (Wildman–Crippen MR) is 134 cm³/mol. The Hall–Kier alpha value is -4.27. The smallest absolute Gasteiger partial charge is 0.144 e. The minimum Gasteiger partial charge on any atom is -0.497 e. The number of nitrogens with one attached hydrogen (secondary N) is 1. The molecule has 4 aromatic rings. The maximum absolute atomic E-state index is 5.50. The van der Waals surface area contributed by atoms with E-state index in [-0.39, 0.29) is 5.54 Å². The Morgan fingerprint density at radius 2 is 1.89 bits per heavy atom. The number of benzene rings is 1. The number of hydrogen-bond acceptors (Lipinski definition) is 8. The number of allylic oxidation sites excluding steroid dienone is 1. The summed E-state index contributed by atoms with van der Waals surface area (Å²) >= 11 is 0. The molecule has 176 valence electrons. The predicted octanol–water partition coefficient (Wildman–Crippen LogP) is 4.35. The first kappa shape index (κ1) is 21.3. The molecule has 6 rings (SSSR count). The van der Waals surface area contributed by atoms with E-state index in [1.54, 1.807) is 14.2 Å². The molecule has 1 aliphatic heterocycles. The standard InChI is InChI=1S/C26H25N7O2/c1-26-11-18(26)6-16(13-29-26)17-7-23-22(27-12-17)4-5-25(31-23)33(14-24-28-15-30-32-24)19-8-20(34-2)10-21(9-19)35-3/h4-10,12-13,15,18H,11,14H2,1-3H3,(H,28,30,32). The summed E-state index contributed by atoms with van der Waals surface area (Å²) in [6, 6.07) is 11.7. The van der Waals surface area contributed by atoms with Gasteiger partial charge in [-0.2, -0.15) is 5.10 Å². The molecule has 1 aromatic carbocycles. The summed E-state index contributed by atoms with van der Waals surface area (Å²) in [7, 11) is 3.27. The minimum atomic E-state index is 0.0954. The summed E-state index contributed by atoms with van der Waals surface area (Å²) in [5, 5.41) is 6.93. The van der Waals surface area contributed by atoms with Crippen molar-refractivity contribution < 1.29 is 9.47 Å². The van der Waals surface area contributed by atoms with Crippen LogP contribution in [0.5, 0.6) is 11.5 Å². The van der Waals surface area contributed by atoms with Gasteiger partial charge in [0, 0.05) is 42.1 Å². The molecule has 0 radical (unpaired) electrons. The minimum absolute atomic E-state index is 0.0954. The Kier molecular flexibility index (Phi) is 4.98. The Bertz CT molecular complexity index is 1440. The molecule has 1 N–H and O–H groups in total. The molecule has 9 heteroatoms. The fourth-order valence-electron chi connectivity index (χ4n) is 4.43. The molecule has 0 amide bonds. The maximum Gasteiger partial charge on any atom is 0.144 e. The molecule has 35 heavy (non-hydrogen) atoms. The summed E-state index contributed by atoms with van der Waals surface area (Å²) in [5.74, 6) is 3.32. The molecule has 2 atom stereocenters. The third-order valence-corrected chi connectivity index (χ3v) is 6.70. The van der Waals surface area contributed by atoms with E-state index in [4.69, 9.17) is 19.5 Å². The number of hydrogen-bond donors (Lipinski definition) is 1. The van der Waals surface area contributed by atoms with Crippen molar-refractivity contribution in [3.05, 3.63) is 66.4 Å². The van der Waals surface area contributed by atoms with Gasteiger partial charge >= 0.3 is 0 Å². The molecule has 2 unspecified atom stereocenters. The van der Waals surface area contributed by atoms with Gasteiger partial charge in [0.2, 0.25) is 0 Å². The number of H-pyrrole nitrogens is 1. The molecule has 0 spiro atoms. The van der Waals surface area contributed by atoms with E-state index < -0.39 is 0 Å². The van der Waals surface area contributed by atoms with Gasteiger partial charge in [0.15, 0.2) is 0 Å². The lowest BCUT2D eigenvalue weighted by molar-refractivity contribution is 0.394. The van der Waals surface area contributed by atoms with E-state index in [0.717, 1.165) is 40.1 Å². The lowest BCUT2D eigenvalue weighted by Crippen LogP contribution is -2.19. The topological polar surface area (TPSA) is 101 Å². The van der Waals surface area contributed by atoms with Crippen LogP contribution in [-0.4, -0.2) is 51.1 Å². The number of aromatic amines is 1. The normalized spacial score (nSPS) is 20.3. The lowest BCUT2D eigenvalue weighted by atomic mass is 10.0. The number of methoxy groups -OCH3 is 2. The summed E-state index contributed by atoms with van der Waals surface area (Å²) < 4.78 is 11.0. The van der Waals surface area contributed by atoms with E-state index in [9.17, 15) is 0 Å². The van der Waals surface area contributed by atoms with Crippen molar-refractivity contribution in [2.45, 2.75) is 25.4 Å². The van der Waals surface area contributed by atoms with Crippen LogP contribution >= 0.6 is 0 Å². The average molecular weight is 468 g/mol. The summed E-state index contributed by atoms with van der Waals surface area (Å²) in [6.45, 7) is 2.63. The largest absolute Gasteiger partial charge is 0.497 e. The number of ether oxygens (including phenoxy) is 2. The fraction of sp³-hybridized carbons (Fsp3) is 0.269. The third-order valence-electron chi connectivity index (χ3n) is 6.70. The average Bonchev–Trinajstić information content (AvgIpc) is 3.29. The molecule has 1 saturated carbocycles. The number of fused-ring (bicyclic) bond motifs is 2. The Morgan fingerprint density at radius 3 is 2.60 bits per heavy atom. The van der Waals surface area contributed by atoms with Crippen molar-refractivity contribution in [3.8, 4) is 11.5 Å². The van der Waals surface area contributed by atoms with Gasteiger partial charge in [0.25, 0.3) is 0 Å². The van der Waals surface area contributed by atoms with E-state index in [2.05, 4.69) is 39.2 Å². The van der Waals surface area contributed by atoms with Crippen LogP contribution in [0.1, 0.15) is 24.7 Å². The summed E-state index contributed by atoms with van der Waals surface area (Å²) in [5.41, 5.74) is 4.69. The number of rotatable bonds is 7. The number of aliphatic imine (C=N–C) groups is 1. The highest BCUT2D eigenvalue weighted by molar-refractivity contribution is 6.11. The first-order chi connectivity index (χ1) is 17.0. The Labute approximate surface area is 202 Å². The fourth-order valence-corrected chi connectivity index (χ4v) is 4.43. The van der Waals surface area contributed by atoms with E-state index in [1.165, 1.54) is 6.33 Å². The van der Waals surface area contributed by atoms with Crippen LogP contribution in [0.15, 0.2) is 60.0 Å². The van der Waals surface area contributed by atoms with Gasteiger partial charge in [-0.15, -0.1) is 0 Å². The van der Waals surface area contributed by atoms with Crippen LogP contribution in [-0.2, 0) is 6.54 Å². The van der Waals surface area contributed by atoms with E-state index >= 15 is 0 Å². The second-order valence-corrected chi connectivity index (χ2v) is 9.07. The van der Waals surface area contributed by atoms with Gasteiger partial charge in [0.1, 0.15) is 29.5 Å². The van der Waals surface area contributed by atoms with Gasteiger partial charge in [0.05, 0.1) is 43.0 Å². The molecule has 4 heterocycles. The van der Waals surface area contributed by atoms with Crippen LogP contribution in [0.2, 0.25) is 0 Å². The van der Waals surface area contributed by atoms with Gasteiger partial charge in [-0.1, -0.05) is 6.08 Å². The molecular weight excluding hydrogens is 442 g/mol. The second kappa shape index (κ2) is 8.19. The first-order valence-corrected chi connectivity index (χ1v) is 11.4. The van der Waals surface area contributed by atoms with E-state index in [0.29, 0.717) is 29.8 Å². The lowest BCUT2D eigenvalue weighted by Gasteiger charge is -2.24. The summed E-state index contributed by atoms with van der Waals surface area (Å²) in [6.07, 6.45) is 8.77. The molecule has 2 aliphatic rings. The van der Waals surface area contributed by atoms with E-state index in [1.807, 2.05) is 47.6 Å². The van der Waals surface area contributed by atoms with Crippen LogP contribution in [0.25, 0.3) is 16.6 Å². The summed E-state index contributed by atoms with van der Waals surface area (Å²) in [4.78, 5) is 20.7. The number of nitrogens with zero attached hydrogens (tertiary/aromatic N) is 6. The van der Waals surface area contributed by atoms with Crippen LogP contribution in [0.3, 0.4) is 0 Å². The number of aromatic nitrogens is 5.